The Morgan fingerprint density at radius 1 is 1.23 bits per heavy atom. The summed E-state index contributed by atoms with van der Waals surface area (Å²) in [6.07, 6.45) is 1.68. The molecule has 8 heteroatoms. The average molecular weight is 440 g/mol. The van der Waals surface area contributed by atoms with Crippen LogP contribution in [0, 0.1) is 6.92 Å². The Morgan fingerprint density at radius 2 is 2.00 bits per heavy atom. The first-order valence-electron chi connectivity index (χ1n) is 9.71. The number of hydrogen-bond acceptors (Lipinski definition) is 6. The predicted octanol–water partition coefficient (Wildman–Crippen LogP) is 4.16. The van der Waals surface area contributed by atoms with E-state index in [9.17, 15) is 9.59 Å². The number of anilines is 1. The molecule has 1 fully saturated rings. The first-order chi connectivity index (χ1) is 14.9. The second-order valence-electron chi connectivity index (χ2n) is 6.90. The van der Waals surface area contributed by atoms with Crippen molar-refractivity contribution in [3.63, 3.8) is 0 Å². The zero-order chi connectivity index (χ0) is 22.4. The van der Waals surface area contributed by atoms with Crippen LogP contribution in [0.2, 0.25) is 0 Å². The van der Waals surface area contributed by atoms with Crippen molar-refractivity contribution in [1.82, 2.24) is 4.90 Å². The number of methoxy groups -OCH3 is 2. The van der Waals surface area contributed by atoms with Gasteiger partial charge in [0, 0.05) is 24.7 Å². The van der Waals surface area contributed by atoms with E-state index in [1.54, 1.807) is 36.3 Å². The first kappa shape index (κ1) is 22.4. The summed E-state index contributed by atoms with van der Waals surface area (Å²) in [5, 5.41) is 2.83. The number of rotatable bonds is 8. The topological polar surface area (TPSA) is 80.2 Å². The number of thioether (sulfide) groups is 1. The fourth-order valence-corrected chi connectivity index (χ4v) is 4.29. The molecule has 0 aromatic heterocycles. The maximum atomic E-state index is 12.9. The monoisotopic (exact) mass is 439 g/mol. The van der Waals surface area contributed by atoms with E-state index >= 15 is 0 Å². The number of carbonyl (C=O) groups excluding carboxylic acids is 2. The van der Waals surface area contributed by atoms with Crippen molar-refractivity contribution >= 4 is 40.1 Å². The lowest BCUT2D eigenvalue weighted by atomic mass is 10.2. The molecule has 1 saturated heterocycles. The van der Waals surface area contributed by atoms with Crippen LogP contribution in [0.4, 0.5) is 11.4 Å². The second-order valence-corrected chi connectivity index (χ2v) is 8.07. The number of aliphatic imine (C=N–C) groups is 1. The Hall–Kier alpha value is -3.26. The lowest BCUT2D eigenvalue weighted by Gasteiger charge is -2.14. The molecule has 2 aromatic carbocycles. The molecular weight excluding hydrogens is 414 g/mol. The molecule has 0 aliphatic carbocycles. The van der Waals surface area contributed by atoms with E-state index in [2.05, 4.69) is 16.9 Å². The van der Waals surface area contributed by atoms with E-state index in [0.29, 0.717) is 28.9 Å². The van der Waals surface area contributed by atoms with Crippen LogP contribution < -0.4 is 14.8 Å². The summed E-state index contributed by atoms with van der Waals surface area (Å²) in [5.74, 6) is 0.655. The van der Waals surface area contributed by atoms with Crippen molar-refractivity contribution in [2.24, 2.45) is 4.99 Å². The zero-order valence-electron chi connectivity index (χ0n) is 17.8. The fraction of sp³-hybridized carbons (Fsp3) is 0.261. The first-order valence-corrected chi connectivity index (χ1v) is 10.6. The quantitative estimate of drug-likeness (QED) is 0.625. The molecule has 0 radical (unpaired) electrons. The van der Waals surface area contributed by atoms with Gasteiger partial charge in [-0.1, -0.05) is 30.0 Å². The highest BCUT2D eigenvalue weighted by Gasteiger charge is 2.38. The number of hydrogen-bond donors (Lipinski definition) is 1. The molecule has 0 spiro atoms. The second kappa shape index (κ2) is 10.2. The highest BCUT2D eigenvalue weighted by molar-refractivity contribution is 8.15. The van der Waals surface area contributed by atoms with Crippen molar-refractivity contribution in [2.45, 2.75) is 18.6 Å². The maximum Gasteiger partial charge on any atom is 0.242 e. The zero-order valence-corrected chi connectivity index (χ0v) is 18.6. The van der Waals surface area contributed by atoms with Crippen LogP contribution >= 0.6 is 11.8 Å². The number of amides is 2. The molecule has 31 heavy (non-hydrogen) atoms. The molecule has 1 atom stereocenters. The van der Waals surface area contributed by atoms with Gasteiger partial charge in [-0.3, -0.25) is 14.5 Å². The van der Waals surface area contributed by atoms with Gasteiger partial charge in [-0.2, -0.15) is 0 Å². The average Bonchev–Trinajstić information content (AvgIpc) is 3.02. The van der Waals surface area contributed by atoms with Crippen LogP contribution in [0.15, 0.2) is 60.1 Å². The van der Waals surface area contributed by atoms with Crippen molar-refractivity contribution < 1.29 is 19.1 Å². The van der Waals surface area contributed by atoms with Gasteiger partial charge in [0.15, 0.2) is 16.7 Å². The minimum Gasteiger partial charge on any atom is -0.493 e. The third-order valence-corrected chi connectivity index (χ3v) is 5.77. The van der Waals surface area contributed by atoms with Crippen LogP contribution in [-0.2, 0) is 9.59 Å². The molecule has 1 unspecified atom stereocenters. The van der Waals surface area contributed by atoms with Crippen LogP contribution in [0.25, 0.3) is 0 Å². The lowest BCUT2D eigenvalue weighted by molar-refractivity contribution is -0.127. The van der Waals surface area contributed by atoms with Gasteiger partial charge in [-0.15, -0.1) is 6.58 Å². The van der Waals surface area contributed by atoms with Gasteiger partial charge in [0.05, 0.1) is 19.9 Å². The van der Waals surface area contributed by atoms with Gasteiger partial charge in [0.25, 0.3) is 0 Å². The van der Waals surface area contributed by atoms with Gasteiger partial charge in [-0.05, 0) is 36.8 Å². The van der Waals surface area contributed by atoms with E-state index in [1.165, 1.54) is 18.9 Å². The SMILES string of the molecule is C=CCN1C(=O)C(CC(=O)Nc2ccc(OC)c(OC)c2)SC1=Nc1cccc(C)c1. The molecule has 2 aromatic rings. The summed E-state index contributed by atoms with van der Waals surface area (Å²) in [4.78, 5) is 31.7. The van der Waals surface area contributed by atoms with Crippen LogP contribution in [0.1, 0.15) is 12.0 Å². The summed E-state index contributed by atoms with van der Waals surface area (Å²) in [7, 11) is 3.07. The Kier molecular flexibility index (Phi) is 7.36. The molecule has 3 rings (SSSR count). The molecule has 162 valence electrons. The van der Waals surface area contributed by atoms with Gasteiger partial charge in [0.1, 0.15) is 5.25 Å². The van der Waals surface area contributed by atoms with Gasteiger partial charge in [-0.25, -0.2) is 4.99 Å². The Morgan fingerprint density at radius 3 is 2.68 bits per heavy atom. The number of benzene rings is 2. The van der Waals surface area contributed by atoms with E-state index in [1.807, 2.05) is 31.2 Å². The number of ether oxygens (including phenoxy) is 2. The number of nitrogens with zero attached hydrogens (tertiary/aromatic N) is 2. The van der Waals surface area contributed by atoms with Crippen molar-refractivity contribution in [3.05, 3.63) is 60.7 Å². The normalized spacial score (nSPS) is 17.0. The fourth-order valence-electron chi connectivity index (χ4n) is 3.12. The maximum absolute atomic E-state index is 12.9. The van der Waals surface area contributed by atoms with Gasteiger partial charge >= 0.3 is 0 Å². The predicted molar refractivity (Wildman–Crippen MR) is 124 cm³/mol. The molecule has 0 saturated carbocycles. The van der Waals surface area contributed by atoms with Crippen molar-refractivity contribution in [3.8, 4) is 11.5 Å². The van der Waals surface area contributed by atoms with E-state index in [4.69, 9.17) is 9.47 Å². The lowest BCUT2D eigenvalue weighted by Crippen LogP contribution is -2.33. The Labute approximate surface area is 186 Å². The van der Waals surface area contributed by atoms with Gasteiger partial charge < -0.3 is 14.8 Å². The highest BCUT2D eigenvalue weighted by atomic mass is 32.2. The number of nitrogens with one attached hydrogen (secondary N) is 1. The summed E-state index contributed by atoms with van der Waals surface area (Å²) in [6, 6.07) is 12.8. The number of carbonyl (C=O) groups is 2. The number of amidine groups is 1. The minimum atomic E-state index is -0.552. The molecule has 0 bridgehead atoms. The third kappa shape index (κ3) is 5.46. The molecule has 1 aliphatic rings. The van der Waals surface area contributed by atoms with Crippen LogP contribution in [0.5, 0.6) is 11.5 Å². The minimum absolute atomic E-state index is 0.0261. The largest absolute Gasteiger partial charge is 0.493 e. The molecule has 7 nitrogen and oxygen atoms in total. The molecule has 1 heterocycles. The highest BCUT2D eigenvalue weighted by Crippen LogP contribution is 2.33. The standard InChI is InChI=1S/C23H25N3O4S/c1-5-11-26-22(28)20(31-23(26)25-16-8-6-7-15(2)12-16)14-21(27)24-17-9-10-18(29-3)19(13-17)30-4/h5-10,12-13,20H,1,11,14H2,2-4H3,(H,24,27). The van der Waals surface area contributed by atoms with Crippen molar-refractivity contribution in [1.29, 1.82) is 0 Å². The number of aryl methyl sites for hydroxylation is 1. The summed E-state index contributed by atoms with van der Waals surface area (Å²) in [5.41, 5.74) is 2.41. The molecular formula is C23H25N3O4S. The summed E-state index contributed by atoms with van der Waals surface area (Å²) >= 11 is 1.29. The Balaban J connectivity index is 1.73. The Bertz CT molecular complexity index is 1020. The summed E-state index contributed by atoms with van der Waals surface area (Å²) in [6.45, 7) is 6.05. The third-order valence-electron chi connectivity index (χ3n) is 4.60. The molecule has 1 aliphatic heterocycles. The molecule has 1 N–H and O–H groups in total. The van der Waals surface area contributed by atoms with E-state index < -0.39 is 5.25 Å². The van der Waals surface area contributed by atoms with Crippen LogP contribution in [0.3, 0.4) is 0 Å². The van der Waals surface area contributed by atoms with E-state index in [-0.39, 0.29) is 18.2 Å². The van der Waals surface area contributed by atoms with Crippen LogP contribution in [-0.4, -0.2) is 47.9 Å². The summed E-state index contributed by atoms with van der Waals surface area (Å²) < 4.78 is 10.5. The van der Waals surface area contributed by atoms with Crippen molar-refractivity contribution in [2.75, 3.05) is 26.1 Å². The van der Waals surface area contributed by atoms with E-state index in [0.717, 1.165) is 11.3 Å². The molecule has 2 amide bonds. The smallest absolute Gasteiger partial charge is 0.242 e. The van der Waals surface area contributed by atoms with Gasteiger partial charge in [0.2, 0.25) is 11.8 Å².